The summed E-state index contributed by atoms with van der Waals surface area (Å²) in [6.07, 6.45) is 0. The van der Waals surface area contributed by atoms with Crippen LogP contribution >= 0.6 is 0 Å². The van der Waals surface area contributed by atoms with Gasteiger partial charge in [-0.25, -0.2) is 9.97 Å². The highest BCUT2D eigenvalue weighted by molar-refractivity contribution is 6.13. The summed E-state index contributed by atoms with van der Waals surface area (Å²) in [5, 5.41) is 8.20. The van der Waals surface area contributed by atoms with Crippen molar-refractivity contribution in [2.45, 2.75) is 0 Å². The van der Waals surface area contributed by atoms with Crippen LogP contribution in [0.5, 0.6) is 0 Å². The van der Waals surface area contributed by atoms with Crippen molar-refractivity contribution in [2.75, 3.05) is 0 Å². The minimum absolute atomic E-state index is 0.692. The van der Waals surface area contributed by atoms with Crippen LogP contribution in [0.4, 0.5) is 0 Å². The van der Waals surface area contributed by atoms with Gasteiger partial charge in [0.2, 0.25) is 0 Å². The van der Waals surface area contributed by atoms with E-state index in [0.29, 0.717) is 5.82 Å². The lowest BCUT2D eigenvalue weighted by molar-refractivity contribution is 1.17. The highest BCUT2D eigenvalue weighted by Crippen LogP contribution is 2.40. The predicted molar refractivity (Wildman–Crippen MR) is 267 cm³/mol. The molecule has 4 nitrogen and oxygen atoms in total. The maximum absolute atomic E-state index is 5.40. The number of aromatic nitrogens is 4. The van der Waals surface area contributed by atoms with Crippen molar-refractivity contribution in [3.63, 3.8) is 0 Å². The van der Waals surface area contributed by atoms with Gasteiger partial charge in [0.25, 0.3) is 0 Å². The molecular weight excluding hydrogens is 777 g/mol. The fourth-order valence-electron chi connectivity index (χ4n) is 9.88. The summed E-state index contributed by atoms with van der Waals surface area (Å²) in [5.74, 6) is 0.692. The molecule has 0 fully saturated rings. The quantitative estimate of drug-likeness (QED) is 0.157. The molecule has 0 N–H and O–H groups in total. The first kappa shape index (κ1) is 36.1. The SMILES string of the molecule is c1ccc(-c2ccc(-c3nc(-c4cccc(-n5c6ccccc6c6ccc(-c7ccc8c(c7)c7ccccc7n8-c7ccccc7)cc65)c4)nc4c3ccc3ccccc34)cc2)cc1. The molecule has 0 aliphatic heterocycles. The number of para-hydroxylation sites is 3. The highest BCUT2D eigenvalue weighted by atomic mass is 15.0. The minimum Gasteiger partial charge on any atom is -0.309 e. The summed E-state index contributed by atoms with van der Waals surface area (Å²) in [6.45, 7) is 0. The Balaban J connectivity index is 0.970. The van der Waals surface area contributed by atoms with Crippen molar-refractivity contribution in [3.05, 3.63) is 231 Å². The molecule has 0 aliphatic carbocycles. The first-order valence-electron chi connectivity index (χ1n) is 21.8. The summed E-state index contributed by atoms with van der Waals surface area (Å²) in [5.41, 5.74) is 15.5. The fraction of sp³-hybridized carbons (Fsp3) is 0. The molecule has 4 heteroatoms. The van der Waals surface area contributed by atoms with Gasteiger partial charge in [0, 0.05) is 54.8 Å². The average molecular weight is 815 g/mol. The lowest BCUT2D eigenvalue weighted by atomic mass is 9.99. The second-order valence-electron chi connectivity index (χ2n) is 16.6. The molecule has 10 aromatic carbocycles. The fourth-order valence-corrected chi connectivity index (χ4v) is 9.88. The van der Waals surface area contributed by atoms with Crippen LogP contribution in [0, 0.1) is 0 Å². The molecule has 0 saturated carbocycles. The molecule has 3 aromatic heterocycles. The van der Waals surface area contributed by atoms with Crippen molar-refractivity contribution in [3.8, 4) is 56.3 Å². The number of rotatable bonds is 6. The first-order valence-corrected chi connectivity index (χ1v) is 21.8. The summed E-state index contributed by atoms with van der Waals surface area (Å²) in [7, 11) is 0. The zero-order chi connectivity index (χ0) is 42.1. The van der Waals surface area contributed by atoms with E-state index in [9.17, 15) is 0 Å². The van der Waals surface area contributed by atoms with Gasteiger partial charge in [-0.3, -0.25) is 0 Å². The van der Waals surface area contributed by atoms with E-state index in [2.05, 4.69) is 240 Å². The Kier molecular flexibility index (Phi) is 8.18. The molecule has 0 unspecified atom stereocenters. The lowest BCUT2D eigenvalue weighted by Crippen LogP contribution is -1.98. The van der Waals surface area contributed by atoms with Crippen molar-refractivity contribution in [2.24, 2.45) is 0 Å². The maximum Gasteiger partial charge on any atom is 0.160 e. The molecular formula is C60H38N4. The van der Waals surface area contributed by atoms with Crippen LogP contribution in [-0.2, 0) is 0 Å². The summed E-state index contributed by atoms with van der Waals surface area (Å²) < 4.78 is 4.77. The third kappa shape index (κ3) is 5.77. The molecule has 0 aliphatic rings. The van der Waals surface area contributed by atoms with Gasteiger partial charge in [0.1, 0.15) is 0 Å². The van der Waals surface area contributed by atoms with E-state index >= 15 is 0 Å². The van der Waals surface area contributed by atoms with Crippen LogP contribution in [0.3, 0.4) is 0 Å². The van der Waals surface area contributed by atoms with Crippen molar-refractivity contribution >= 4 is 65.3 Å². The van der Waals surface area contributed by atoms with Gasteiger partial charge in [0.15, 0.2) is 5.82 Å². The topological polar surface area (TPSA) is 35.6 Å². The van der Waals surface area contributed by atoms with Crippen molar-refractivity contribution in [1.29, 1.82) is 0 Å². The van der Waals surface area contributed by atoms with Gasteiger partial charge in [-0.05, 0) is 88.3 Å². The molecule has 0 bridgehead atoms. The highest BCUT2D eigenvalue weighted by Gasteiger charge is 2.19. The van der Waals surface area contributed by atoms with E-state index in [4.69, 9.17) is 9.97 Å². The molecule has 0 atom stereocenters. The van der Waals surface area contributed by atoms with Gasteiger partial charge < -0.3 is 9.13 Å². The van der Waals surface area contributed by atoms with E-state index in [0.717, 1.165) is 60.9 Å². The van der Waals surface area contributed by atoms with E-state index in [1.165, 1.54) is 54.8 Å². The second kappa shape index (κ2) is 14.5. The van der Waals surface area contributed by atoms with Crippen LogP contribution in [0.25, 0.3) is 122 Å². The molecule has 0 amide bonds. The molecule has 298 valence electrons. The number of benzene rings is 10. The first-order chi connectivity index (χ1) is 31.7. The Labute approximate surface area is 369 Å². The van der Waals surface area contributed by atoms with Crippen molar-refractivity contribution < 1.29 is 0 Å². The Bertz CT molecular complexity index is 3940. The van der Waals surface area contributed by atoms with Crippen molar-refractivity contribution in [1.82, 2.24) is 19.1 Å². The minimum atomic E-state index is 0.692. The van der Waals surface area contributed by atoms with Crippen LogP contribution in [-0.4, -0.2) is 19.1 Å². The van der Waals surface area contributed by atoms with Crippen LogP contribution in [0.15, 0.2) is 231 Å². The molecule has 3 heterocycles. The van der Waals surface area contributed by atoms with Gasteiger partial charge >= 0.3 is 0 Å². The van der Waals surface area contributed by atoms with E-state index in [1.54, 1.807) is 0 Å². The molecule has 0 radical (unpaired) electrons. The van der Waals surface area contributed by atoms with Gasteiger partial charge in [-0.15, -0.1) is 0 Å². The third-order valence-electron chi connectivity index (χ3n) is 12.9. The van der Waals surface area contributed by atoms with E-state index in [-0.39, 0.29) is 0 Å². The summed E-state index contributed by atoms with van der Waals surface area (Å²) >= 11 is 0. The van der Waals surface area contributed by atoms with Gasteiger partial charge in [-0.1, -0.05) is 170 Å². The lowest BCUT2D eigenvalue weighted by Gasteiger charge is -2.14. The number of fused-ring (bicyclic) bond motifs is 9. The van der Waals surface area contributed by atoms with Crippen LogP contribution < -0.4 is 0 Å². The zero-order valence-corrected chi connectivity index (χ0v) is 34.7. The Morgan fingerprint density at radius 1 is 0.266 bits per heavy atom. The van der Waals surface area contributed by atoms with Crippen LogP contribution in [0.1, 0.15) is 0 Å². The Morgan fingerprint density at radius 2 is 0.797 bits per heavy atom. The monoisotopic (exact) mass is 814 g/mol. The number of hydrogen-bond acceptors (Lipinski definition) is 2. The summed E-state index contributed by atoms with van der Waals surface area (Å²) in [6, 6.07) is 82.8. The summed E-state index contributed by atoms with van der Waals surface area (Å²) in [4.78, 5) is 10.8. The van der Waals surface area contributed by atoms with E-state index in [1.807, 2.05) is 0 Å². The second-order valence-corrected chi connectivity index (χ2v) is 16.6. The smallest absolute Gasteiger partial charge is 0.160 e. The standard InChI is InChI=1S/C60H38N4/c1-3-14-39(15-4-1)40-26-28-42(29-27-40)58-52-34-30-41-16-7-8-21-48(41)59(52)62-60(61-58)45-17-13-20-47(36-45)64-54-24-11-9-22-49(54)51-33-31-44(38-57(51)64)43-32-35-56-53(37-43)50-23-10-12-25-55(50)63(56)46-18-5-2-6-19-46/h1-38H. The number of hydrogen-bond donors (Lipinski definition) is 0. The number of nitrogens with zero attached hydrogens (tertiary/aromatic N) is 4. The Morgan fingerprint density at radius 3 is 1.59 bits per heavy atom. The predicted octanol–water partition coefficient (Wildman–Crippen LogP) is 15.6. The Hall–Kier alpha value is -8.60. The van der Waals surface area contributed by atoms with Crippen LogP contribution in [0.2, 0.25) is 0 Å². The molecule has 13 aromatic rings. The molecule has 64 heavy (non-hydrogen) atoms. The van der Waals surface area contributed by atoms with Gasteiger partial charge in [-0.2, -0.15) is 0 Å². The largest absolute Gasteiger partial charge is 0.309 e. The molecule has 13 rings (SSSR count). The molecule has 0 saturated heterocycles. The average Bonchev–Trinajstić information content (AvgIpc) is 3.89. The van der Waals surface area contributed by atoms with E-state index < -0.39 is 0 Å². The molecule has 0 spiro atoms. The third-order valence-corrected chi connectivity index (χ3v) is 12.9. The van der Waals surface area contributed by atoms with Gasteiger partial charge in [0.05, 0.1) is 33.3 Å². The zero-order valence-electron chi connectivity index (χ0n) is 34.7. The maximum atomic E-state index is 5.40. The normalized spacial score (nSPS) is 11.8.